The number of aromatic nitrogens is 4. The first-order valence-electron chi connectivity index (χ1n) is 5.41. The van der Waals surface area contributed by atoms with Gasteiger partial charge < -0.3 is 10.2 Å². The number of thioether (sulfide) groups is 1. The number of aliphatic hydroxyl groups is 1. The Hall–Kier alpha value is -1.94. The fraction of sp³-hybridized carbons (Fsp3) is 0.444. The maximum atomic E-state index is 11.9. The molecular formula is C9H9N5O4S. The number of hydrogen-bond acceptors (Lipinski definition) is 7. The van der Waals surface area contributed by atoms with E-state index in [1.54, 1.807) is 0 Å². The second-order valence-electron chi connectivity index (χ2n) is 4.20. The van der Waals surface area contributed by atoms with E-state index in [9.17, 15) is 19.8 Å². The van der Waals surface area contributed by atoms with Crippen molar-refractivity contribution in [2.24, 2.45) is 5.92 Å². The number of aliphatic hydroxyl groups excluding tert-OH is 1. The Balaban J connectivity index is 2.01. The predicted octanol–water partition coefficient (Wildman–Crippen LogP) is -1.20. The van der Waals surface area contributed by atoms with Crippen LogP contribution in [0.1, 0.15) is 6.92 Å². The molecule has 2 aliphatic heterocycles. The fourth-order valence-electron chi connectivity index (χ4n) is 2.18. The highest BCUT2D eigenvalue weighted by Crippen LogP contribution is 2.51. The van der Waals surface area contributed by atoms with Gasteiger partial charge >= 0.3 is 5.97 Å². The van der Waals surface area contributed by atoms with Gasteiger partial charge in [0, 0.05) is 0 Å². The number of β-lactam (4-membered cyclic amide) rings is 1. The van der Waals surface area contributed by atoms with Gasteiger partial charge in [0.05, 0.1) is 12.0 Å². The van der Waals surface area contributed by atoms with Crippen molar-refractivity contribution in [3.8, 4) is 0 Å². The SMILES string of the molecule is CC(O)C1C(=O)N2C(C(=O)O)=C(n3cnnn3)S[C@H]12. The maximum absolute atomic E-state index is 11.9. The van der Waals surface area contributed by atoms with Gasteiger partial charge in [-0.25, -0.2) is 4.79 Å². The molecule has 0 bridgehead atoms. The lowest BCUT2D eigenvalue weighted by Gasteiger charge is -2.43. The number of carbonyl (C=O) groups excluding carboxylic acids is 1. The van der Waals surface area contributed by atoms with E-state index >= 15 is 0 Å². The standard InChI is InChI=1S/C9H9N5O4S/c1-3(15)4-6(16)14-5(9(17)18)8(19-7(4)14)13-2-10-11-12-13/h2-4,7,15H,1H3,(H,17,18)/t3?,4?,7-/m1/s1. The van der Waals surface area contributed by atoms with E-state index in [-0.39, 0.29) is 10.7 Å². The van der Waals surface area contributed by atoms with Crippen LogP contribution in [-0.2, 0) is 9.59 Å². The number of carboxylic acid groups (broad SMARTS) is 1. The van der Waals surface area contributed by atoms with E-state index < -0.39 is 29.3 Å². The lowest BCUT2D eigenvalue weighted by atomic mass is 9.92. The van der Waals surface area contributed by atoms with Crippen LogP contribution in [0.2, 0.25) is 0 Å². The number of tetrazole rings is 1. The van der Waals surface area contributed by atoms with Crippen molar-refractivity contribution >= 4 is 28.7 Å². The summed E-state index contributed by atoms with van der Waals surface area (Å²) < 4.78 is 1.21. The lowest BCUT2D eigenvalue weighted by molar-refractivity contribution is -0.156. The third kappa shape index (κ3) is 1.56. The molecule has 1 saturated heterocycles. The zero-order valence-electron chi connectivity index (χ0n) is 9.66. The van der Waals surface area contributed by atoms with Crippen molar-refractivity contribution in [3.63, 3.8) is 0 Å². The van der Waals surface area contributed by atoms with Crippen LogP contribution in [-0.4, -0.2) is 58.7 Å². The maximum Gasteiger partial charge on any atom is 0.355 e. The molecule has 19 heavy (non-hydrogen) atoms. The van der Waals surface area contributed by atoms with Crippen LogP contribution in [0.25, 0.3) is 5.03 Å². The highest BCUT2D eigenvalue weighted by atomic mass is 32.2. The fourth-order valence-corrected chi connectivity index (χ4v) is 3.70. The quantitative estimate of drug-likeness (QED) is 0.663. The summed E-state index contributed by atoms with van der Waals surface area (Å²) in [5.74, 6) is -2.22. The number of carboxylic acids is 1. The molecule has 1 aromatic heterocycles. The first-order chi connectivity index (χ1) is 9.02. The van der Waals surface area contributed by atoms with Crippen LogP contribution in [0.5, 0.6) is 0 Å². The molecule has 0 radical (unpaired) electrons. The van der Waals surface area contributed by atoms with Crippen LogP contribution in [0.4, 0.5) is 0 Å². The van der Waals surface area contributed by atoms with Crippen molar-refractivity contribution in [1.82, 2.24) is 25.1 Å². The topological polar surface area (TPSA) is 121 Å². The summed E-state index contributed by atoms with van der Waals surface area (Å²) >= 11 is 1.16. The molecule has 3 rings (SSSR count). The van der Waals surface area contributed by atoms with Gasteiger partial charge in [-0.2, -0.15) is 4.68 Å². The van der Waals surface area contributed by atoms with E-state index in [0.717, 1.165) is 11.8 Å². The summed E-state index contributed by atoms with van der Waals surface area (Å²) in [6.07, 6.45) is 0.434. The molecule has 1 amide bonds. The highest BCUT2D eigenvalue weighted by molar-refractivity contribution is 8.08. The first-order valence-corrected chi connectivity index (χ1v) is 6.29. The van der Waals surface area contributed by atoms with Gasteiger partial charge in [-0.15, -0.1) is 5.10 Å². The zero-order valence-corrected chi connectivity index (χ0v) is 10.5. The molecule has 100 valence electrons. The van der Waals surface area contributed by atoms with Gasteiger partial charge in [-0.1, -0.05) is 11.8 Å². The van der Waals surface area contributed by atoms with Gasteiger partial charge in [0.2, 0.25) is 5.91 Å². The summed E-state index contributed by atoms with van der Waals surface area (Å²) in [5.41, 5.74) is -0.149. The Morgan fingerprint density at radius 1 is 1.58 bits per heavy atom. The minimum atomic E-state index is -1.22. The number of amides is 1. The Labute approximate surface area is 110 Å². The zero-order chi connectivity index (χ0) is 13.7. The number of aliphatic carboxylic acids is 1. The van der Waals surface area contributed by atoms with Crippen molar-refractivity contribution in [3.05, 3.63) is 12.0 Å². The molecule has 9 nitrogen and oxygen atoms in total. The van der Waals surface area contributed by atoms with Crippen LogP contribution in [0, 0.1) is 5.92 Å². The number of fused-ring (bicyclic) bond motifs is 1. The molecular weight excluding hydrogens is 274 g/mol. The molecule has 3 atom stereocenters. The molecule has 0 spiro atoms. The molecule has 0 saturated carbocycles. The van der Waals surface area contributed by atoms with Crippen LogP contribution < -0.4 is 0 Å². The minimum Gasteiger partial charge on any atom is -0.476 e. The summed E-state index contributed by atoms with van der Waals surface area (Å²) in [6, 6.07) is 0. The van der Waals surface area contributed by atoms with E-state index in [1.807, 2.05) is 0 Å². The lowest BCUT2D eigenvalue weighted by Crippen LogP contribution is -2.60. The minimum absolute atomic E-state index is 0.149. The monoisotopic (exact) mass is 283 g/mol. The van der Waals surface area contributed by atoms with Crippen molar-refractivity contribution in [2.45, 2.75) is 18.4 Å². The molecule has 0 aliphatic carbocycles. The van der Waals surface area contributed by atoms with Gasteiger partial charge in [0.1, 0.15) is 16.7 Å². The van der Waals surface area contributed by atoms with Crippen molar-refractivity contribution < 1.29 is 19.8 Å². The summed E-state index contributed by atoms with van der Waals surface area (Å²) in [6.45, 7) is 1.51. The molecule has 2 aliphatic rings. The molecule has 2 unspecified atom stereocenters. The summed E-state index contributed by atoms with van der Waals surface area (Å²) in [5, 5.41) is 29.2. The Bertz CT molecular complexity index is 583. The summed E-state index contributed by atoms with van der Waals surface area (Å²) in [7, 11) is 0. The first kappa shape index (κ1) is 12.1. The third-order valence-electron chi connectivity index (χ3n) is 3.04. The van der Waals surface area contributed by atoms with Gasteiger partial charge in [0.15, 0.2) is 5.70 Å². The Morgan fingerprint density at radius 3 is 2.84 bits per heavy atom. The summed E-state index contributed by atoms with van der Waals surface area (Å²) in [4.78, 5) is 24.4. The second-order valence-corrected chi connectivity index (χ2v) is 5.30. The number of hydrogen-bond donors (Lipinski definition) is 2. The number of nitrogens with zero attached hydrogens (tertiary/aromatic N) is 5. The average molecular weight is 283 g/mol. The Kier molecular flexibility index (Phi) is 2.57. The predicted molar refractivity (Wildman–Crippen MR) is 62.1 cm³/mol. The largest absolute Gasteiger partial charge is 0.476 e. The molecule has 1 aromatic rings. The second kappa shape index (κ2) is 4.03. The highest BCUT2D eigenvalue weighted by Gasteiger charge is 2.58. The van der Waals surface area contributed by atoms with Crippen LogP contribution in [0.3, 0.4) is 0 Å². The normalized spacial score (nSPS) is 27.3. The van der Waals surface area contributed by atoms with Crippen LogP contribution >= 0.6 is 11.8 Å². The van der Waals surface area contributed by atoms with Crippen molar-refractivity contribution in [1.29, 1.82) is 0 Å². The molecule has 10 heteroatoms. The van der Waals surface area contributed by atoms with E-state index in [0.29, 0.717) is 0 Å². The molecule has 1 fully saturated rings. The van der Waals surface area contributed by atoms with Gasteiger partial charge in [-0.05, 0) is 17.4 Å². The van der Waals surface area contributed by atoms with Crippen LogP contribution in [0.15, 0.2) is 12.0 Å². The average Bonchev–Trinajstić information content (AvgIpc) is 2.92. The third-order valence-corrected chi connectivity index (χ3v) is 4.39. The van der Waals surface area contributed by atoms with Crippen molar-refractivity contribution in [2.75, 3.05) is 0 Å². The molecule has 0 aromatic carbocycles. The van der Waals surface area contributed by atoms with E-state index in [1.165, 1.54) is 22.8 Å². The van der Waals surface area contributed by atoms with E-state index in [4.69, 9.17) is 0 Å². The van der Waals surface area contributed by atoms with Gasteiger partial charge in [-0.3, -0.25) is 9.69 Å². The molecule has 3 heterocycles. The number of rotatable bonds is 3. The van der Waals surface area contributed by atoms with Gasteiger partial charge in [0.25, 0.3) is 0 Å². The Morgan fingerprint density at radius 2 is 2.32 bits per heavy atom. The van der Waals surface area contributed by atoms with E-state index in [2.05, 4.69) is 15.5 Å². The molecule has 2 N–H and O–H groups in total. The number of carbonyl (C=O) groups is 2. The smallest absolute Gasteiger partial charge is 0.355 e.